The van der Waals surface area contributed by atoms with Crippen LogP contribution in [0.5, 0.6) is 0 Å². The highest BCUT2D eigenvalue weighted by Gasteiger charge is 2.27. The first-order valence-electron chi connectivity index (χ1n) is 6.76. The molecule has 0 aromatic heterocycles. The van der Waals surface area contributed by atoms with Gasteiger partial charge in [-0.3, -0.25) is 14.9 Å². The monoisotopic (exact) mass is 256 g/mol. The predicted molar refractivity (Wildman–Crippen MR) is 69.4 cm³/mol. The van der Waals surface area contributed by atoms with Crippen molar-refractivity contribution in [1.29, 1.82) is 0 Å². The lowest BCUT2D eigenvalue weighted by Crippen LogP contribution is -2.49. The van der Waals surface area contributed by atoms with Crippen molar-refractivity contribution in [1.82, 2.24) is 10.2 Å². The predicted octanol–water partition coefficient (Wildman–Crippen LogP) is 1.23. The molecule has 5 nitrogen and oxygen atoms in total. The lowest BCUT2D eigenvalue weighted by Gasteiger charge is -2.37. The lowest BCUT2D eigenvalue weighted by atomic mass is 9.93. The van der Waals surface area contributed by atoms with Gasteiger partial charge < -0.3 is 10.0 Å². The average Bonchev–Trinajstić information content (AvgIpc) is 2.29. The van der Waals surface area contributed by atoms with Crippen LogP contribution in [0.4, 0.5) is 0 Å². The largest absolute Gasteiger partial charge is 0.480 e. The summed E-state index contributed by atoms with van der Waals surface area (Å²) in [5.41, 5.74) is 0. The van der Waals surface area contributed by atoms with E-state index in [1.165, 1.54) is 19.3 Å². The molecule has 1 fully saturated rings. The summed E-state index contributed by atoms with van der Waals surface area (Å²) in [6.45, 7) is 3.98. The van der Waals surface area contributed by atoms with Crippen LogP contribution in [0.1, 0.15) is 46.0 Å². The minimum absolute atomic E-state index is 0.0122. The third-order valence-electron chi connectivity index (χ3n) is 3.36. The van der Waals surface area contributed by atoms with Crippen LogP contribution in [0, 0.1) is 0 Å². The Morgan fingerprint density at radius 3 is 2.33 bits per heavy atom. The number of hydrogen-bond donors (Lipinski definition) is 2. The summed E-state index contributed by atoms with van der Waals surface area (Å²) >= 11 is 0. The van der Waals surface area contributed by atoms with E-state index in [-0.39, 0.29) is 25.0 Å². The SMILES string of the molecule is CC(C)N(C(=O)CNCC(=O)O)C1CCCCC1. The van der Waals surface area contributed by atoms with E-state index >= 15 is 0 Å². The van der Waals surface area contributed by atoms with Gasteiger partial charge in [0.15, 0.2) is 0 Å². The Kier molecular flexibility index (Phi) is 6.12. The summed E-state index contributed by atoms with van der Waals surface area (Å²) in [5, 5.41) is 11.2. The van der Waals surface area contributed by atoms with E-state index in [0.717, 1.165) is 12.8 Å². The molecule has 0 atom stereocenters. The Bertz CT molecular complexity index is 286. The van der Waals surface area contributed by atoms with Gasteiger partial charge in [-0.2, -0.15) is 0 Å². The van der Waals surface area contributed by atoms with Crippen molar-refractivity contribution in [3.8, 4) is 0 Å². The molecule has 2 N–H and O–H groups in total. The fourth-order valence-electron chi connectivity index (χ4n) is 2.64. The van der Waals surface area contributed by atoms with Gasteiger partial charge in [0.05, 0.1) is 13.1 Å². The quantitative estimate of drug-likeness (QED) is 0.750. The zero-order valence-electron chi connectivity index (χ0n) is 11.3. The van der Waals surface area contributed by atoms with E-state index in [1.807, 2.05) is 18.7 Å². The molecule has 104 valence electrons. The van der Waals surface area contributed by atoms with Crippen LogP contribution < -0.4 is 5.32 Å². The van der Waals surface area contributed by atoms with E-state index in [0.29, 0.717) is 6.04 Å². The van der Waals surface area contributed by atoms with E-state index in [9.17, 15) is 9.59 Å². The Morgan fingerprint density at radius 1 is 1.22 bits per heavy atom. The number of hydrogen-bond acceptors (Lipinski definition) is 3. The number of carboxylic acid groups (broad SMARTS) is 1. The molecule has 0 aromatic carbocycles. The zero-order chi connectivity index (χ0) is 13.5. The van der Waals surface area contributed by atoms with Gasteiger partial charge >= 0.3 is 5.97 Å². The van der Waals surface area contributed by atoms with Crippen LogP contribution in [0.2, 0.25) is 0 Å². The maximum Gasteiger partial charge on any atom is 0.317 e. The molecule has 0 aliphatic heterocycles. The molecule has 18 heavy (non-hydrogen) atoms. The Labute approximate surface area is 109 Å². The highest BCUT2D eigenvalue weighted by atomic mass is 16.4. The van der Waals surface area contributed by atoms with E-state index in [1.54, 1.807) is 0 Å². The molecule has 0 spiro atoms. The van der Waals surface area contributed by atoms with Gasteiger partial charge in [0.1, 0.15) is 0 Å². The summed E-state index contributed by atoms with van der Waals surface area (Å²) < 4.78 is 0. The molecular weight excluding hydrogens is 232 g/mol. The fourth-order valence-corrected chi connectivity index (χ4v) is 2.64. The number of nitrogens with one attached hydrogen (secondary N) is 1. The highest BCUT2D eigenvalue weighted by molar-refractivity contribution is 5.79. The normalized spacial score (nSPS) is 16.8. The van der Waals surface area contributed by atoms with Gasteiger partial charge in [0.2, 0.25) is 5.91 Å². The minimum Gasteiger partial charge on any atom is -0.480 e. The van der Waals surface area contributed by atoms with Gasteiger partial charge in [0.25, 0.3) is 0 Å². The molecule has 0 heterocycles. The van der Waals surface area contributed by atoms with E-state index in [4.69, 9.17) is 5.11 Å². The van der Waals surface area contributed by atoms with Gasteiger partial charge in [-0.1, -0.05) is 19.3 Å². The van der Waals surface area contributed by atoms with Gasteiger partial charge in [-0.15, -0.1) is 0 Å². The van der Waals surface area contributed by atoms with Crippen LogP contribution in [0.25, 0.3) is 0 Å². The number of carbonyl (C=O) groups excluding carboxylic acids is 1. The minimum atomic E-state index is -0.934. The second kappa shape index (κ2) is 7.36. The molecule has 0 aromatic rings. The number of amides is 1. The van der Waals surface area contributed by atoms with Gasteiger partial charge in [-0.25, -0.2) is 0 Å². The second-order valence-corrected chi connectivity index (χ2v) is 5.18. The van der Waals surface area contributed by atoms with Crippen molar-refractivity contribution in [3.63, 3.8) is 0 Å². The van der Waals surface area contributed by atoms with Crippen molar-refractivity contribution in [2.24, 2.45) is 0 Å². The Hall–Kier alpha value is -1.10. The maximum absolute atomic E-state index is 12.1. The standard InChI is InChI=1S/C13H24N2O3/c1-10(2)15(11-6-4-3-5-7-11)12(16)8-14-9-13(17)18/h10-11,14H,3-9H2,1-2H3,(H,17,18). The summed E-state index contributed by atoms with van der Waals surface area (Å²) in [5.74, 6) is -0.922. The average molecular weight is 256 g/mol. The van der Waals surface area contributed by atoms with E-state index < -0.39 is 5.97 Å². The molecule has 1 rings (SSSR count). The molecule has 1 aliphatic carbocycles. The number of carbonyl (C=O) groups is 2. The second-order valence-electron chi connectivity index (χ2n) is 5.18. The van der Waals surface area contributed by atoms with E-state index in [2.05, 4.69) is 5.32 Å². The van der Waals surface area contributed by atoms with Gasteiger partial charge in [-0.05, 0) is 26.7 Å². The van der Waals surface area contributed by atoms with Crippen molar-refractivity contribution < 1.29 is 14.7 Å². The summed E-state index contributed by atoms with van der Waals surface area (Å²) in [4.78, 5) is 24.5. The van der Waals surface area contributed by atoms with Crippen molar-refractivity contribution in [2.75, 3.05) is 13.1 Å². The van der Waals surface area contributed by atoms with Crippen LogP contribution >= 0.6 is 0 Å². The Morgan fingerprint density at radius 2 is 1.83 bits per heavy atom. The molecule has 0 unspecified atom stereocenters. The van der Waals surface area contributed by atoms with Gasteiger partial charge in [0, 0.05) is 12.1 Å². The molecule has 0 saturated heterocycles. The molecule has 5 heteroatoms. The smallest absolute Gasteiger partial charge is 0.317 e. The number of carboxylic acids is 1. The molecular formula is C13H24N2O3. The topological polar surface area (TPSA) is 69.6 Å². The summed E-state index contributed by atoms with van der Waals surface area (Å²) in [6, 6.07) is 0.505. The fraction of sp³-hybridized carbons (Fsp3) is 0.846. The zero-order valence-corrected chi connectivity index (χ0v) is 11.3. The van der Waals surface area contributed by atoms with Crippen molar-refractivity contribution >= 4 is 11.9 Å². The summed E-state index contributed by atoms with van der Waals surface area (Å²) in [7, 11) is 0. The molecule has 0 bridgehead atoms. The number of aliphatic carboxylic acids is 1. The Balaban J connectivity index is 2.49. The van der Waals surface area contributed by atoms with Crippen LogP contribution in [0.3, 0.4) is 0 Å². The first kappa shape index (κ1) is 15.0. The molecule has 1 aliphatic rings. The first-order chi connectivity index (χ1) is 8.52. The van der Waals surface area contributed by atoms with Crippen LogP contribution in [-0.2, 0) is 9.59 Å². The van der Waals surface area contributed by atoms with Crippen LogP contribution in [0.15, 0.2) is 0 Å². The molecule has 0 radical (unpaired) electrons. The van der Waals surface area contributed by atoms with Crippen molar-refractivity contribution in [3.05, 3.63) is 0 Å². The summed E-state index contributed by atoms with van der Waals surface area (Å²) in [6.07, 6.45) is 5.77. The maximum atomic E-state index is 12.1. The molecule has 1 saturated carbocycles. The third kappa shape index (κ3) is 4.64. The third-order valence-corrected chi connectivity index (χ3v) is 3.36. The number of nitrogens with zero attached hydrogens (tertiary/aromatic N) is 1. The first-order valence-corrected chi connectivity index (χ1v) is 6.76. The molecule has 1 amide bonds. The van der Waals surface area contributed by atoms with Crippen molar-refractivity contribution in [2.45, 2.75) is 58.0 Å². The number of rotatable bonds is 6. The highest BCUT2D eigenvalue weighted by Crippen LogP contribution is 2.24. The lowest BCUT2D eigenvalue weighted by molar-refractivity contribution is -0.137. The van der Waals surface area contributed by atoms with Crippen LogP contribution in [-0.4, -0.2) is 47.1 Å².